The minimum atomic E-state index is -2.12. The highest BCUT2D eigenvalue weighted by Gasteiger charge is 2.37. The summed E-state index contributed by atoms with van der Waals surface area (Å²) < 4.78 is 17.6. The van der Waals surface area contributed by atoms with Gasteiger partial charge in [-0.15, -0.1) is 0 Å². The third-order valence-corrected chi connectivity index (χ3v) is 14.9. The van der Waals surface area contributed by atoms with Crippen molar-refractivity contribution in [1.29, 1.82) is 0 Å². The Hall–Kier alpha value is -4.68. The molecule has 3 aromatic carbocycles. The number of ether oxygens (including phenoxy) is 2. The highest BCUT2D eigenvalue weighted by molar-refractivity contribution is 6.74. The fourth-order valence-electron chi connectivity index (χ4n) is 6.35. The largest absolute Gasteiger partial charge is 0.481 e. The SMILES string of the molecule is CC(C)(C)OC(=O)N[C@H](Cc1ccc(N(CCO[Si](C)(C)C(C)(C)C)C(=O)CNC(=O)OCC2c3ccccc3-c3ccccc32)cc1)CC(C)(C)C(=O)O. The molecule has 0 radical (unpaired) electrons. The van der Waals surface area contributed by atoms with Crippen molar-refractivity contribution in [2.75, 3.05) is 31.2 Å². The second kappa shape index (κ2) is 17.4. The molecule has 1 aliphatic carbocycles. The van der Waals surface area contributed by atoms with Gasteiger partial charge in [0.25, 0.3) is 0 Å². The summed E-state index contributed by atoms with van der Waals surface area (Å²) in [7, 11) is -2.12. The maximum absolute atomic E-state index is 13.8. The Morgan fingerprint density at radius 3 is 1.91 bits per heavy atom. The molecule has 3 aromatic rings. The van der Waals surface area contributed by atoms with Gasteiger partial charge in [0, 0.05) is 24.2 Å². The van der Waals surface area contributed by atoms with Crippen LogP contribution in [0.3, 0.4) is 0 Å². The van der Waals surface area contributed by atoms with E-state index < -0.39 is 43.5 Å². The van der Waals surface area contributed by atoms with Gasteiger partial charge in [-0.3, -0.25) is 9.59 Å². The van der Waals surface area contributed by atoms with E-state index in [1.54, 1.807) is 51.7 Å². The number of nitrogens with one attached hydrogen (secondary N) is 2. The van der Waals surface area contributed by atoms with Gasteiger partial charge in [-0.25, -0.2) is 9.59 Å². The van der Waals surface area contributed by atoms with Gasteiger partial charge < -0.3 is 34.5 Å². The number of aliphatic carboxylic acids is 1. The predicted octanol–water partition coefficient (Wildman–Crippen LogP) is 8.52. The molecule has 0 bridgehead atoms. The lowest BCUT2D eigenvalue weighted by Crippen LogP contribution is -2.45. The number of alkyl carbamates (subject to hydrolysis) is 2. The molecule has 3 N–H and O–H groups in total. The molecule has 3 amide bonds. The van der Waals surface area contributed by atoms with Gasteiger partial charge in [-0.2, -0.15) is 0 Å². The Balaban J connectivity index is 1.46. The summed E-state index contributed by atoms with van der Waals surface area (Å²) in [4.78, 5) is 53.1. The van der Waals surface area contributed by atoms with Crippen molar-refractivity contribution in [2.24, 2.45) is 5.41 Å². The monoisotopic (exact) mass is 773 g/mol. The van der Waals surface area contributed by atoms with Gasteiger partial charge in [0.1, 0.15) is 18.8 Å². The summed E-state index contributed by atoms with van der Waals surface area (Å²) >= 11 is 0. The van der Waals surface area contributed by atoms with Gasteiger partial charge in [0.15, 0.2) is 8.32 Å². The Labute approximate surface area is 327 Å². The number of carbonyl (C=O) groups excluding carboxylic acids is 3. The van der Waals surface area contributed by atoms with Crippen LogP contribution in [0.1, 0.15) is 84.4 Å². The molecule has 298 valence electrons. The summed E-state index contributed by atoms with van der Waals surface area (Å²) in [6.45, 7) is 19.7. The minimum absolute atomic E-state index is 0.0196. The molecule has 1 aliphatic rings. The van der Waals surface area contributed by atoms with Crippen molar-refractivity contribution in [2.45, 2.75) is 104 Å². The van der Waals surface area contributed by atoms with E-state index in [1.165, 1.54) is 0 Å². The van der Waals surface area contributed by atoms with Crippen LogP contribution < -0.4 is 15.5 Å². The molecule has 4 rings (SSSR count). The molecule has 1 atom stereocenters. The van der Waals surface area contributed by atoms with Crippen LogP contribution in [0.25, 0.3) is 11.1 Å². The maximum atomic E-state index is 13.8. The Kier molecular flexibility index (Phi) is 13.6. The summed E-state index contributed by atoms with van der Waals surface area (Å²) in [5.74, 6) is -1.42. The number of rotatable bonds is 15. The summed E-state index contributed by atoms with van der Waals surface area (Å²) in [5, 5.41) is 15.3. The number of fused-ring (bicyclic) bond motifs is 3. The molecule has 11 nitrogen and oxygen atoms in total. The third-order valence-electron chi connectivity index (χ3n) is 10.4. The zero-order chi connectivity index (χ0) is 40.8. The van der Waals surface area contributed by atoms with Crippen LogP contribution in [0.4, 0.5) is 15.3 Å². The van der Waals surface area contributed by atoms with E-state index in [-0.39, 0.29) is 43.0 Å². The van der Waals surface area contributed by atoms with E-state index in [2.05, 4.69) is 56.6 Å². The molecule has 0 heterocycles. The Bertz CT molecular complexity index is 1780. The number of carbonyl (C=O) groups is 4. The van der Waals surface area contributed by atoms with Gasteiger partial charge >= 0.3 is 18.2 Å². The lowest BCUT2D eigenvalue weighted by Gasteiger charge is -2.37. The second-order valence-electron chi connectivity index (χ2n) is 17.4. The van der Waals surface area contributed by atoms with Crippen LogP contribution in [-0.2, 0) is 29.9 Å². The number of carboxylic acids is 1. The molecule has 12 heteroatoms. The zero-order valence-corrected chi connectivity index (χ0v) is 35.1. The molecule has 55 heavy (non-hydrogen) atoms. The van der Waals surface area contributed by atoms with E-state index in [1.807, 2.05) is 48.5 Å². The fourth-order valence-corrected chi connectivity index (χ4v) is 7.38. The van der Waals surface area contributed by atoms with Gasteiger partial charge in [-0.05, 0) is 106 Å². The molecule has 0 fully saturated rings. The topological polar surface area (TPSA) is 144 Å². The zero-order valence-electron chi connectivity index (χ0n) is 34.1. The molecule has 0 aromatic heterocycles. The number of nitrogens with zero attached hydrogens (tertiary/aromatic N) is 1. The number of anilines is 1. The third kappa shape index (κ3) is 11.7. The molecule has 0 saturated heterocycles. The van der Waals surface area contributed by atoms with Crippen molar-refractivity contribution in [3.8, 4) is 11.1 Å². The van der Waals surface area contributed by atoms with Gasteiger partial charge in [0.2, 0.25) is 5.91 Å². The second-order valence-corrected chi connectivity index (χ2v) is 22.2. The van der Waals surface area contributed by atoms with Crippen LogP contribution in [0, 0.1) is 5.41 Å². The van der Waals surface area contributed by atoms with Crippen molar-refractivity contribution >= 4 is 38.1 Å². The van der Waals surface area contributed by atoms with Gasteiger partial charge in [0.05, 0.1) is 12.0 Å². The first kappa shape index (κ1) is 43.1. The average molecular weight is 774 g/mol. The van der Waals surface area contributed by atoms with Crippen LogP contribution in [0.5, 0.6) is 0 Å². The molecule has 0 unspecified atom stereocenters. The molecule has 0 saturated carbocycles. The number of carboxylic acid groups (broad SMARTS) is 1. The molecular formula is C43H59N3O8Si. The van der Waals surface area contributed by atoms with Crippen LogP contribution in [-0.4, -0.2) is 75.4 Å². The van der Waals surface area contributed by atoms with Crippen molar-refractivity contribution in [3.05, 3.63) is 89.5 Å². The number of amides is 3. The standard InChI is InChI=1S/C43H59N3O8Si/c1-41(2,3)54-40(51)45-30(26-43(7,8)38(48)49)25-29-19-21-31(22-20-29)46(23-24-53-55(9,10)42(4,5)6)37(47)27-44-39(50)52-28-36-34-17-13-11-15-32(34)33-16-12-14-18-35(33)36/h11-22,30,36H,23-28H2,1-10H3,(H,44,50)(H,45,51)(H,48,49)/t30-/m1/s1. The lowest BCUT2D eigenvalue weighted by atomic mass is 9.84. The number of hydrogen-bond acceptors (Lipinski definition) is 7. The van der Waals surface area contributed by atoms with Crippen LogP contribution in [0.15, 0.2) is 72.8 Å². The average Bonchev–Trinajstić information content (AvgIpc) is 3.40. The smallest absolute Gasteiger partial charge is 0.407 e. The van der Waals surface area contributed by atoms with E-state index in [9.17, 15) is 24.3 Å². The van der Waals surface area contributed by atoms with Gasteiger partial charge in [-0.1, -0.05) is 81.4 Å². The minimum Gasteiger partial charge on any atom is -0.481 e. The summed E-state index contributed by atoms with van der Waals surface area (Å²) in [6, 6.07) is 23.0. The quantitative estimate of drug-likeness (QED) is 0.131. The van der Waals surface area contributed by atoms with Crippen molar-refractivity contribution in [3.63, 3.8) is 0 Å². The molecule has 0 spiro atoms. The number of benzene rings is 3. The first-order valence-electron chi connectivity index (χ1n) is 18.9. The van der Waals surface area contributed by atoms with Crippen LogP contribution >= 0.6 is 0 Å². The fraction of sp³-hybridized carbons (Fsp3) is 0.488. The van der Waals surface area contributed by atoms with Crippen LogP contribution in [0.2, 0.25) is 18.1 Å². The predicted molar refractivity (Wildman–Crippen MR) is 218 cm³/mol. The summed E-state index contributed by atoms with van der Waals surface area (Å²) in [5.41, 5.74) is 4.06. The lowest BCUT2D eigenvalue weighted by molar-refractivity contribution is -0.147. The highest BCUT2D eigenvalue weighted by atomic mass is 28.4. The summed E-state index contributed by atoms with van der Waals surface area (Å²) in [6.07, 6.45) is -0.809. The Morgan fingerprint density at radius 1 is 0.818 bits per heavy atom. The maximum Gasteiger partial charge on any atom is 0.407 e. The molecule has 0 aliphatic heterocycles. The van der Waals surface area contributed by atoms with E-state index in [4.69, 9.17) is 13.9 Å². The number of hydrogen-bond donors (Lipinski definition) is 3. The highest BCUT2D eigenvalue weighted by Crippen LogP contribution is 2.44. The van der Waals surface area contributed by atoms with E-state index >= 15 is 0 Å². The van der Waals surface area contributed by atoms with E-state index in [0.717, 1.165) is 27.8 Å². The Morgan fingerprint density at radius 2 is 1.38 bits per heavy atom. The first-order valence-corrected chi connectivity index (χ1v) is 21.8. The van der Waals surface area contributed by atoms with E-state index in [0.29, 0.717) is 18.7 Å². The van der Waals surface area contributed by atoms with Crippen molar-refractivity contribution in [1.82, 2.24) is 10.6 Å². The van der Waals surface area contributed by atoms with Crippen molar-refractivity contribution < 1.29 is 38.2 Å². The first-order chi connectivity index (χ1) is 25.6. The molecular weight excluding hydrogens is 715 g/mol. The normalized spacial score (nSPS) is 13.6.